The molecule has 3 aromatic carbocycles. The minimum absolute atomic E-state index is 0.00767. The number of rotatable bonds is 9. The van der Waals surface area contributed by atoms with Gasteiger partial charge in [-0.25, -0.2) is 9.97 Å². The lowest BCUT2D eigenvalue weighted by Gasteiger charge is -2.10. The molecule has 0 aliphatic heterocycles. The monoisotopic (exact) mass is 449 g/mol. The second-order valence-electron chi connectivity index (χ2n) is 7.98. The van der Waals surface area contributed by atoms with Gasteiger partial charge in [-0.2, -0.15) is 0 Å². The fraction of sp³-hybridized carbons (Fsp3) is 0.138. The first-order valence-corrected chi connectivity index (χ1v) is 11.4. The summed E-state index contributed by atoms with van der Waals surface area (Å²) in [6.07, 6.45) is 7.49. The summed E-state index contributed by atoms with van der Waals surface area (Å²) in [6, 6.07) is 27.6. The summed E-state index contributed by atoms with van der Waals surface area (Å²) in [7, 11) is 0. The highest BCUT2D eigenvalue weighted by Crippen LogP contribution is 2.22. The first-order valence-electron chi connectivity index (χ1n) is 11.4. The maximum atomic E-state index is 12.6. The van der Waals surface area contributed by atoms with E-state index >= 15 is 0 Å². The molecule has 5 nitrogen and oxygen atoms in total. The van der Waals surface area contributed by atoms with Gasteiger partial charge in [-0.15, -0.1) is 0 Å². The Bertz CT molecular complexity index is 1240. The summed E-state index contributed by atoms with van der Waals surface area (Å²) in [4.78, 5) is 21.9. The number of nitrogens with zero attached hydrogens (tertiary/aromatic N) is 2. The number of amides is 1. The zero-order valence-corrected chi connectivity index (χ0v) is 18.9. The fourth-order valence-corrected chi connectivity index (χ4v) is 3.57. The standard InChI is InChI=1S/C29H27N3O2/c33-21-24-14-17-25(18-15-24)27-20-30-29(26(31-27)19-16-23-10-5-2-6-11-23)32-28(34)13-7-12-22-8-3-1-4-9-22/h1-6,8-11,14-20,33H,7,12-13,21H2,(H,30,32,34). The predicted octanol–water partition coefficient (Wildman–Crippen LogP) is 5.77. The Morgan fingerprint density at radius 1 is 0.853 bits per heavy atom. The maximum Gasteiger partial charge on any atom is 0.225 e. The van der Waals surface area contributed by atoms with Crippen LogP contribution in [0.1, 0.15) is 35.2 Å². The Morgan fingerprint density at radius 3 is 2.26 bits per heavy atom. The van der Waals surface area contributed by atoms with Gasteiger partial charge in [0.2, 0.25) is 5.91 Å². The van der Waals surface area contributed by atoms with Crippen LogP contribution in [0.2, 0.25) is 0 Å². The molecule has 0 radical (unpaired) electrons. The maximum absolute atomic E-state index is 12.6. The van der Waals surface area contributed by atoms with Crippen molar-refractivity contribution in [2.24, 2.45) is 0 Å². The van der Waals surface area contributed by atoms with Crippen LogP contribution in [0, 0.1) is 0 Å². The van der Waals surface area contributed by atoms with Crippen LogP contribution in [-0.4, -0.2) is 21.0 Å². The molecule has 0 spiro atoms. The molecule has 0 atom stereocenters. The number of carbonyl (C=O) groups excluding carboxylic acids is 1. The van der Waals surface area contributed by atoms with E-state index in [-0.39, 0.29) is 12.5 Å². The smallest absolute Gasteiger partial charge is 0.225 e. The summed E-state index contributed by atoms with van der Waals surface area (Å²) in [5, 5.41) is 12.2. The van der Waals surface area contributed by atoms with Crippen molar-refractivity contribution in [2.75, 3.05) is 5.32 Å². The summed E-state index contributed by atoms with van der Waals surface area (Å²) in [5.74, 6) is 0.354. The quantitative estimate of drug-likeness (QED) is 0.340. The van der Waals surface area contributed by atoms with Crippen LogP contribution in [0.4, 0.5) is 5.82 Å². The lowest BCUT2D eigenvalue weighted by atomic mass is 10.1. The number of nitrogens with one attached hydrogen (secondary N) is 1. The fourth-order valence-electron chi connectivity index (χ4n) is 3.57. The molecule has 0 saturated carbocycles. The summed E-state index contributed by atoms with van der Waals surface area (Å²) < 4.78 is 0. The summed E-state index contributed by atoms with van der Waals surface area (Å²) in [6.45, 7) is -0.00767. The van der Waals surface area contributed by atoms with Gasteiger partial charge < -0.3 is 10.4 Å². The summed E-state index contributed by atoms with van der Waals surface area (Å²) >= 11 is 0. The van der Waals surface area contributed by atoms with E-state index in [4.69, 9.17) is 4.98 Å². The van der Waals surface area contributed by atoms with Crippen LogP contribution < -0.4 is 5.32 Å². The number of aromatic nitrogens is 2. The number of aliphatic hydroxyl groups excluding tert-OH is 1. The number of hydrogen-bond acceptors (Lipinski definition) is 4. The molecule has 4 aromatic rings. The van der Waals surface area contributed by atoms with Gasteiger partial charge in [0.15, 0.2) is 5.82 Å². The van der Waals surface area contributed by atoms with Crippen LogP contribution in [0.25, 0.3) is 23.4 Å². The molecule has 4 rings (SSSR count). The summed E-state index contributed by atoms with van der Waals surface area (Å²) in [5.41, 5.74) is 5.25. The number of aryl methyl sites for hydroxylation is 1. The van der Waals surface area contributed by atoms with Gasteiger partial charge in [-0.1, -0.05) is 91.0 Å². The van der Waals surface area contributed by atoms with Gasteiger partial charge >= 0.3 is 0 Å². The number of aliphatic hydroxyl groups is 1. The first kappa shape index (κ1) is 23.1. The van der Waals surface area contributed by atoms with E-state index in [0.717, 1.165) is 29.5 Å². The predicted molar refractivity (Wildman–Crippen MR) is 137 cm³/mol. The molecule has 0 aliphatic rings. The third kappa shape index (κ3) is 6.47. The van der Waals surface area contributed by atoms with Gasteiger partial charge in [-0.05, 0) is 35.6 Å². The Morgan fingerprint density at radius 2 is 1.56 bits per heavy atom. The van der Waals surface area contributed by atoms with Gasteiger partial charge in [0.05, 0.1) is 18.5 Å². The van der Waals surface area contributed by atoms with Gasteiger partial charge in [0.1, 0.15) is 5.69 Å². The molecule has 34 heavy (non-hydrogen) atoms. The SMILES string of the molecule is O=C(CCCc1ccccc1)Nc1ncc(-c2ccc(CO)cc2)nc1C=Cc1ccccc1. The molecule has 170 valence electrons. The second-order valence-corrected chi connectivity index (χ2v) is 7.98. The Hall–Kier alpha value is -4.09. The van der Waals surface area contributed by atoms with E-state index in [2.05, 4.69) is 22.4 Å². The molecular weight excluding hydrogens is 422 g/mol. The molecule has 1 amide bonds. The van der Waals surface area contributed by atoms with E-state index in [1.165, 1.54) is 5.56 Å². The molecule has 1 aromatic heterocycles. The number of benzene rings is 3. The van der Waals surface area contributed by atoms with Crippen molar-refractivity contribution in [3.05, 3.63) is 114 Å². The van der Waals surface area contributed by atoms with Crippen molar-refractivity contribution in [3.8, 4) is 11.3 Å². The average molecular weight is 450 g/mol. The second kappa shape index (κ2) is 11.7. The van der Waals surface area contributed by atoms with Crippen molar-refractivity contribution >= 4 is 23.9 Å². The third-order valence-corrected chi connectivity index (χ3v) is 5.43. The zero-order valence-electron chi connectivity index (χ0n) is 18.9. The molecule has 0 saturated heterocycles. The molecule has 5 heteroatoms. The van der Waals surface area contributed by atoms with Crippen LogP contribution in [0.3, 0.4) is 0 Å². The molecule has 1 heterocycles. The topological polar surface area (TPSA) is 75.1 Å². The lowest BCUT2D eigenvalue weighted by molar-refractivity contribution is -0.116. The zero-order chi connectivity index (χ0) is 23.6. The highest BCUT2D eigenvalue weighted by molar-refractivity contribution is 5.92. The van der Waals surface area contributed by atoms with Crippen LogP contribution >= 0.6 is 0 Å². The van der Waals surface area contributed by atoms with Gasteiger partial charge in [-0.3, -0.25) is 4.79 Å². The van der Waals surface area contributed by atoms with Crippen molar-refractivity contribution in [3.63, 3.8) is 0 Å². The van der Waals surface area contributed by atoms with Gasteiger partial charge in [0, 0.05) is 12.0 Å². The van der Waals surface area contributed by atoms with E-state index < -0.39 is 0 Å². The molecular formula is C29H27N3O2. The Balaban J connectivity index is 1.52. The average Bonchev–Trinajstić information content (AvgIpc) is 2.89. The molecule has 2 N–H and O–H groups in total. The van der Waals surface area contributed by atoms with Crippen molar-refractivity contribution in [2.45, 2.75) is 25.9 Å². The van der Waals surface area contributed by atoms with E-state index in [0.29, 0.717) is 23.6 Å². The first-order chi connectivity index (χ1) is 16.7. The molecule has 0 bridgehead atoms. The highest BCUT2D eigenvalue weighted by Gasteiger charge is 2.11. The molecule has 0 aliphatic carbocycles. The normalized spacial score (nSPS) is 11.0. The Labute approximate surface area is 199 Å². The van der Waals surface area contributed by atoms with E-state index in [1.807, 2.05) is 84.9 Å². The van der Waals surface area contributed by atoms with Crippen molar-refractivity contribution < 1.29 is 9.90 Å². The lowest BCUT2D eigenvalue weighted by Crippen LogP contribution is -2.14. The van der Waals surface area contributed by atoms with E-state index in [9.17, 15) is 9.90 Å². The van der Waals surface area contributed by atoms with Crippen LogP contribution in [-0.2, 0) is 17.8 Å². The highest BCUT2D eigenvalue weighted by atomic mass is 16.3. The number of anilines is 1. The number of hydrogen-bond donors (Lipinski definition) is 2. The van der Waals surface area contributed by atoms with E-state index in [1.54, 1.807) is 6.20 Å². The van der Waals surface area contributed by atoms with Crippen molar-refractivity contribution in [1.82, 2.24) is 9.97 Å². The third-order valence-electron chi connectivity index (χ3n) is 5.43. The number of carbonyl (C=O) groups is 1. The minimum Gasteiger partial charge on any atom is -0.392 e. The van der Waals surface area contributed by atoms with Crippen LogP contribution in [0.5, 0.6) is 0 Å². The minimum atomic E-state index is -0.0837. The molecule has 0 unspecified atom stereocenters. The van der Waals surface area contributed by atoms with Crippen LogP contribution in [0.15, 0.2) is 91.1 Å². The largest absolute Gasteiger partial charge is 0.392 e. The Kier molecular flexibility index (Phi) is 7.93. The van der Waals surface area contributed by atoms with Gasteiger partial charge in [0.25, 0.3) is 0 Å². The van der Waals surface area contributed by atoms with Crippen molar-refractivity contribution in [1.29, 1.82) is 0 Å². The molecule has 0 fully saturated rings.